The van der Waals surface area contributed by atoms with Gasteiger partial charge in [0.25, 0.3) is 0 Å². The van der Waals surface area contributed by atoms with Crippen molar-refractivity contribution in [3.63, 3.8) is 0 Å². The number of rotatable bonds is 6. The number of hydrogen-bond acceptors (Lipinski definition) is 4. The molecular formula is C18H17ClFN3O. The second-order valence-corrected chi connectivity index (χ2v) is 6.08. The van der Waals surface area contributed by atoms with Crippen molar-refractivity contribution in [1.82, 2.24) is 15.0 Å². The van der Waals surface area contributed by atoms with Crippen LogP contribution in [0.25, 0.3) is 0 Å². The van der Waals surface area contributed by atoms with Gasteiger partial charge in [0, 0.05) is 18.0 Å². The SMILES string of the molecule is CN(Cc1ccc(F)cc1)Cc1nc(Cc2ccccc2Cl)no1. The molecule has 0 aliphatic carbocycles. The Morgan fingerprint density at radius 2 is 1.83 bits per heavy atom. The Labute approximate surface area is 144 Å². The monoisotopic (exact) mass is 345 g/mol. The van der Waals surface area contributed by atoms with Crippen LogP contribution in [0.4, 0.5) is 4.39 Å². The van der Waals surface area contributed by atoms with Crippen molar-refractivity contribution in [2.24, 2.45) is 0 Å². The average Bonchev–Trinajstić information content (AvgIpc) is 2.99. The van der Waals surface area contributed by atoms with Crippen molar-refractivity contribution in [3.05, 3.63) is 82.2 Å². The highest BCUT2D eigenvalue weighted by molar-refractivity contribution is 6.31. The van der Waals surface area contributed by atoms with Gasteiger partial charge < -0.3 is 4.52 Å². The lowest BCUT2D eigenvalue weighted by molar-refractivity contribution is 0.260. The molecule has 24 heavy (non-hydrogen) atoms. The molecule has 4 nitrogen and oxygen atoms in total. The Balaban J connectivity index is 1.59. The molecule has 1 aromatic heterocycles. The minimum absolute atomic E-state index is 0.234. The summed E-state index contributed by atoms with van der Waals surface area (Å²) in [4.78, 5) is 6.43. The molecule has 0 amide bonds. The van der Waals surface area contributed by atoms with Crippen LogP contribution in [0.1, 0.15) is 22.8 Å². The van der Waals surface area contributed by atoms with Gasteiger partial charge >= 0.3 is 0 Å². The Hall–Kier alpha value is -2.24. The number of benzene rings is 2. The molecule has 124 valence electrons. The average molecular weight is 346 g/mol. The van der Waals surface area contributed by atoms with Crippen molar-refractivity contribution in [3.8, 4) is 0 Å². The van der Waals surface area contributed by atoms with Gasteiger partial charge in [-0.05, 0) is 36.4 Å². The minimum atomic E-state index is -0.234. The number of nitrogens with zero attached hydrogens (tertiary/aromatic N) is 3. The van der Waals surface area contributed by atoms with Crippen LogP contribution in [0.2, 0.25) is 5.02 Å². The smallest absolute Gasteiger partial charge is 0.240 e. The molecule has 0 fully saturated rings. The van der Waals surface area contributed by atoms with Crippen LogP contribution in [-0.4, -0.2) is 22.1 Å². The molecule has 0 atom stereocenters. The number of aromatic nitrogens is 2. The van der Waals surface area contributed by atoms with Gasteiger partial charge in [-0.15, -0.1) is 0 Å². The van der Waals surface area contributed by atoms with E-state index >= 15 is 0 Å². The summed E-state index contributed by atoms with van der Waals surface area (Å²) in [6.07, 6.45) is 0.533. The normalized spacial score (nSPS) is 11.2. The van der Waals surface area contributed by atoms with Crippen LogP contribution >= 0.6 is 11.6 Å². The Kier molecular flexibility index (Phi) is 5.23. The molecule has 0 saturated heterocycles. The van der Waals surface area contributed by atoms with Crippen molar-refractivity contribution in [2.75, 3.05) is 7.05 Å². The molecule has 0 unspecified atom stereocenters. The van der Waals surface area contributed by atoms with Gasteiger partial charge in [0.15, 0.2) is 5.82 Å². The van der Waals surface area contributed by atoms with E-state index in [1.165, 1.54) is 12.1 Å². The summed E-state index contributed by atoms with van der Waals surface area (Å²) >= 11 is 6.15. The summed E-state index contributed by atoms with van der Waals surface area (Å²) in [5.74, 6) is 0.914. The van der Waals surface area contributed by atoms with Crippen LogP contribution in [0.5, 0.6) is 0 Å². The first kappa shape index (κ1) is 16.6. The maximum Gasteiger partial charge on any atom is 0.240 e. The van der Waals surface area contributed by atoms with E-state index in [0.717, 1.165) is 11.1 Å². The van der Waals surface area contributed by atoms with Gasteiger partial charge in [-0.25, -0.2) is 4.39 Å². The fraction of sp³-hybridized carbons (Fsp3) is 0.222. The largest absolute Gasteiger partial charge is 0.338 e. The van der Waals surface area contributed by atoms with E-state index in [9.17, 15) is 4.39 Å². The summed E-state index contributed by atoms with van der Waals surface area (Å²) in [5.41, 5.74) is 1.99. The van der Waals surface area contributed by atoms with Crippen LogP contribution in [0.15, 0.2) is 53.1 Å². The van der Waals surface area contributed by atoms with Gasteiger partial charge in [0.1, 0.15) is 5.82 Å². The Morgan fingerprint density at radius 1 is 1.08 bits per heavy atom. The van der Waals surface area contributed by atoms with Crippen LogP contribution in [-0.2, 0) is 19.5 Å². The summed E-state index contributed by atoms with van der Waals surface area (Å²) in [5, 5.41) is 4.70. The Morgan fingerprint density at radius 3 is 2.58 bits per heavy atom. The third kappa shape index (κ3) is 4.40. The predicted octanol–water partition coefficient (Wildman–Crippen LogP) is 4.08. The maximum atomic E-state index is 12.9. The summed E-state index contributed by atoms with van der Waals surface area (Å²) in [7, 11) is 1.95. The zero-order valence-electron chi connectivity index (χ0n) is 13.2. The molecule has 0 aliphatic heterocycles. The van der Waals surface area contributed by atoms with E-state index in [1.54, 1.807) is 12.1 Å². The molecule has 0 saturated carbocycles. The fourth-order valence-electron chi connectivity index (χ4n) is 2.43. The molecule has 3 rings (SSSR count). The van der Waals surface area contributed by atoms with Gasteiger partial charge in [-0.1, -0.05) is 47.1 Å². The van der Waals surface area contributed by atoms with Gasteiger partial charge in [-0.3, -0.25) is 4.90 Å². The maximum absolute atomic E-state index is 12.9. The zero-order valence-corrected chi connectivity index (χ0v) is 14.0. The molecule has 0 spiro atoms. The Bertz CT molecular complexity index is 804. The van der Waals surface area contributed by atoms with Crippen molar-refractivity contribution in [1.29, 1.82) is 0 Å². The molecule has 3 aromatic rings. The highest BCUT2D eigenvalue weighted by atomic mass is 35.5. The third-order valence-corrected chi connectivity index (χ3v) is 3.96. The van der Waals surface area contributed by atoms with Crippen molar-refractivity contribution < 1.29 is 8.91 Å². The minimum Gasteiger partial charge on any atom is -0.338 e. The first-order valence-corrected chi connectivity index (χ1v) is 7.96. The number of halogens is 2. The topological polar surface area (TPSA) is 42.2 Å². The quantitative estimate of drug-likeness (QED) is 0.675. The van der Waals surface area contributed by atoms with E-state index < -0.39 is 0 Å². The molecule has 0 bridgehead atoms. The molecule has 6 heteroatoms. The van der Waals surface area contributed by atoms with Crippen LogP contribution in [0.3, 0.4) is 0 Å². The van der Waals surface area contributed by atoms with E-state index in [-0.39, 0.29) is 5.82 Å². The van der Waals surface area contributed by atoms with E-state index in [0.29, 0.717) is 36.2 Å². The lowest BCUT2D eigenvalue weighted by Gasteiger charge is -2.13. The van der Waals surface area contributed by atoms with Gasteiger partial charge in [0.2, 0.25) is 5.89 Å². The molecule has 2 aromatic carbocycles. The molecule has 0 aliphatic rings. The van der Waals surface area contributed by atoms with E-state index in [1.807, 2.05) is 36.2 Å². The molecule has 0 N–H and O–H groups in total. The van der Waals surface area contributed by atoms with E-state index in [2.05, 4.69) is 10.1 Å². The second kappa shape index (κ2) is 7.55. The molecule has 0 radical (unpaired) electrons. The highest BCUT2D eigenvalue weighted by Crippen LogP contribution is 2.18. The van der Waals surface area contributed by atoms with Gasteiger partial charge in [-0.2, -0.15) is 4.98 Å². The highest BCUT2D eigenvalue weighted by Gasteiger charge is 2.11. The van der Waals surface area contributed by atoms with Crippen LogP contribution < -0.4 is 0 Å². The van der Waals surface area contributed by atoms with Crippen molar-refractivity contribution in [2.45, 2.75) is 19.5 Å². The number of hydrogen-bond donors (Lipinski definition) is 0. The predicted molar refractivity (Wildman–Crippen MR) is 90.1 cm³/mol. The summed E-state index contributed by atoms with van der Waals surface area (Å²) in [6, 6.07) is 14.0. The zero-order chi connectivity index (χ0) is 16.9. The van der Waals surface area contributed by atoms with Crippen molar-refractivity contribution >= 4 is 11.6 Å². The second-order valence-electron chi connectivity index (χ2n) is 5.67. The fourth-order valence-corrected chi connectivity index (χ4v) is 2.63. The van der Waals surface area contributed by atoms with Gasteiger partial charge in [0.05, 0.1) is 6.54 Å². The molecule has 1 heterocycles. The van der Waals surface area contributed by atoms with E-state index in [4.69, 9.17) is 16.1 Å². The first-order chi connectivity index (χ1) is 11.6. The summed E-state index contributed by atoms with van der Waals surface area (Å²) < 4.78 is 18.2. The lowest BCUT2D eigenvalue weighted by Crippen LogP contribution is -2.17. The molecular weight excluding hydrogens is 329 g/mol. The standard InChI is InChI=1S/C18H17ClFN3O/c1-23(11-13-6-8-15(20)9-7-13)12-18-21-17(22-24-18)10-14-4-2-3-5-16(14)19/h2-9H,10-12H2,1H3. The van der Waals surface area contributed by atoms with Crippen LogP contribution in [0, 0.1) is 5.82 Å². The first-order valence-electron chi connectivity index (χ1n) is 7.58. The third-order valence-electron chi connectivity index (χ3n) is 3.59. The lowest BCUT2D eigenvalue weighted by atomic mass is 10.1. The summed E-state index contributed by atoms with van der Waals surface area (Å²) in [6.45, 7) is 1.19.